The highest BCUT2D eigenvalue weighted by Crippen LogP contribution is 2.38. The number of fused-ring (bicyclic) bond motifs is 3. The van der Waals surface area contributed by atoms with Gasteiger partial charge < -0.3 is 5.73 Å². The van der Waals surface area contributed by atoms with Gasteiger partial charge in [0.15, 0.2) is 0 Å². The largest absolute Gasteiger partial charge is 0.417 e. The van der Waals surface area contributed by atoms with Crippen LogP contribution in [-0.2, 0) is 25.7 Å². The van der Waals surface area contributed by atoms with E-state index in [1.54, 1.807) is 6.07 Å². The highest BCUT2D eigenvalue weighted by molar-refractivity contribution is 6.31. The van der Waals surface area contributed by atoms with E-state index in [0.29, 0.717) is 30.5 Å². The van der Waals surface area contributed by atoms with Crippen molar-refractivity contribution in [3.63, 3.8) is 0 Å². The number of hydrogen-bond donors (Lipinski definition) is 1. The van der Waals surface area contributed by atoms with Crippen LogP contribution >= 0.6 is 11.6 Å². The Bertz CT molecular complexity index is 1220. The van der Waals surface area contributed by atoms with Gasteiger partial charge in [0.2, 0.25) is 0 Å². The molecule has 0 spiro atoms. The molecular formula is C30H32ClF3N2. The lowest BCUT2D eigenvalue weighted by molar-refractivity contribution is -0.137. The number of nitrogens with two attached hydrogens (primary N) is 1. The minimum Gasteiger partial charge on any atom is -0.330 e. The van der Waals surface area contributed by atoms with Crippen molar-refractivity contribution in [2.45, 2.75) is 51.4 Å². The molecule has 2 aliphatic rings. The van der Waals surface area contributed by atoms with Gasteiger partial charge in [0.25, 0.3) is 0 Å². The molecule has 3 aromatic carbocycles. The van der Waals surface area contributed by atoms with E-state index in [2.05, 4.69) is 47.4 Å². The summed E-state index contributed by atoms with van der Waals surface area (Å²) in [7, 11) is 0. The van der Waals surface area contributed by atoms with E-state index in [0.717, 1.165) is 45.2 Å². The van der Waals surface area contributed by atoms with Crippen LogP contribution in [0.2, 0.25) is 5.02 Å². The molecule has 2 nitrogen and oxygen atoms in total. The predicted molar refractivity (Wildman–Crippen MR) is 140 cm³/mol. The molecule has 2 aliphatic carbocycles. The van der Waals surface area contributed by atoms with Crippen LogP contribution in [0.5, 0.6) is 0 Å². The van der Waals surface area contributed by atoms with Crippen LogP contribution in [0.25, 0.3) is 11.1 Å². The normalized spacial score (nSPS) is 19.4. The number of alkyl halides is 3. The topological polar surface area (TPSA) is 29.3 Å². The summed E-state index contributed by atoms with van der Waals surface area (Å²) in [5, 5.41) is -0.254. The molecule has 0 aliphatic heterocycles. The summed E-state index contributed by atoms with van der Waals surface area (Å²) in [6.45, 7) is 2.75. The first-order chi connectivity index (χ1) is 17.3. The smallest absolute Gasteiger partial charge is 0.330 e. The predicted octanol–water partition coefficient (Wildman–Crippen LogP) is 7.70. The second-order valence-corrected chi connectivity index (χ2v) is 10.8. The van der Waals surface area contributed by atoms with Gasteiger partial charge in [-0.25, -0.2) is 0 Å². The maximum Gasteiger partial charge on any atom is 0.417 e. The number of benzene rings is 3. The lowest BCUT2D eigenvalue weighted by atomic mass is 9.82. The van der Waals surface area contributed by atoms with Crippen LogP contribution < -0.4 is 5.73 Å². The molecule has 0 atom stereocenters. The van der Waals surface area contributed by atoms with Crippen molar-refractivity contribution >= 4 is 11.6 Å². The fourth-order valence-corrected chi connectivity index (χ4v) is 6.13. The van der Waals surface area contributed by atoms with Crippen LogP contribution in [0.15, 0.2) is 60.7 Å². The fraction of sp³-hybridized carbons (Fsp3) is 0.400. The summed E-state index contributed by atoms with van der Waals surface area (Å²) in [6, 6.07) is 19.4. The van der Waals surface area contributed by atoms with E-state index in [1.165, 1.54) is 39.9 Å². The molecule has 3 aromatic rings. The first-order valence-electron chi connectivity index (χ1n) is 12.8. The minimum absolute atomic E-state index is 0.254. The molecule has 1 fully saturated rings. The van der Waals surface area contributed by atoms with Gasteiger partial charge >= 0.3 is 6.18 Å². The lowest BCUT2D eigenvalue weighted by Gasteiger charge is -2.33. The quantitative estimate of drug-likeness (QED) is 0.275. The Morgan fingerprint density at radius 1 is 0.806 bits per heavy atom. The maximum atomic E-state index is 13.5. The van der Waals surface area contributed by atoms with Crippen LogP contribution in [0, 0.1) is 11.8 Å². The lowest BCUT2D eigenvalue weighted by Crippen LogP contribution is -2.32. The molecule has 2 N–H and O–H groups in total. The third-order valence-corrected chi connectivity index (χ3v) is 8.15. The third kappa shape index (κ3) is 5.64. The van der Waals surface area contributed by atoms with Gasteiger partial charge in [0, 0.05) is 19.6 Å². The van der Waals surface area contributed by atoms with E-state index in [-0.39, 0.29) is 5.02 Å². The summed E-state index contributed by atoms with van der Waals surface area (Å²) in [6.07, 6.45) is 0.956. The average molecular weight is 513 g/mol. The van der Waals surface area contributed by atoms with Gasteiger partial charge in [0.05, 0.1) is 10.6 Å². The fourth-order valence-electron chi connectivity index (χ4n) is 5.90. The van der Waals surface area contributed by atoms with E-state index >= 15 is 0 Å². The van der Waals surface area contributed by atoms with Crippen LogP contribution in [0.4, 0.5) is 13.2 Å². The molecule has 36 heavy (non-hydrogen) atoms. The summed E-state index contributed by atoms with van der Waals surface area (Å²) in [5.41, 5.74) is 12.2. The van der Waals surface area contributed by atoms with Crippen molar-refractivity contribution in [2.75, 3.05) is 13.1 Å². The molecule has 0 amide bonds. The molecule has 1 saturated carbocycles. The average Bonchev–Trinajstić information content (AvgIpc) is 3.23. The molecule has 0 saturated heterocycles. The van der Waals surface area contributed by atoms with Crippen molar-refractivity contribution in [3.8, 4) is 11.1 Å². The number of hydrogen-bond acceptors (Lipinski definition) is 2. The Balaban J connectivity index is 1.37. The molecule has 0 aromatic heterocycles. The zero-order chi connectivity index (χ0) is 25.3. The second-order valence-electron chi connectivity index (χ2n) is 10.4. The van der Waals surface area contributed by atoms with E-state index in [4.69, 9.17) is 17.3 Å². The van der Waals surface area contributed by atoms with Gasteiger partial charge in [-0.2, -0.15) is 13.2 Å². The molecule has 0 heterocycles. The molecular weight excluding hydrogens is 481 g/mol. The molecule has 0 unspecified atom stereocenters. The van der Waals surface area contributed by atoms with Crippen LogP contribution in [0.3, 0.4) is 0 Å². The Morgan fingerprint density at radius 2 is 1.44 bits per heavy atom. The summed E-state index contributed by atoms with van der Waals surface area (Å²) < 4.78 is 40.5. The molecule has 5 rings (SSSR count). The zero-order valence-corrected chi connectivity index (χ0v) is 21.1. The monoisotopic (exact) mass is 512 g/mol. The van der Waals surface area contributed by atoms with Gasteiger partial charge in [-0.1, -0.05) is 60.1 Å². The standard InChI is InChI=1S/C30H32ClF3N2/c31-29-12-10-23(14-28(29)30(32,33)34)19-36(17-21-7-5-20(16-35)6-8-21)18-22-9-11-27-25(13-22)15-24-3-1-2-4-26(24)27/h1-4,9-14,20-21H,5-8,15-19,35H2. The van der Waals surface area contributed by atoms with Crippen molar-refractivity contribution < 1.29 is 13.2 Å². The summed E-state index contributed by atoms with van der Waals surface area (Å²) in [5.74, 6) is 1.12. The van der Waals surface area contributed by atoms with Gasteiger partial charge in [0.1, 0.15) is 0 Å². The zero-order valence-electron chi connectivity index (χ0n) is 20.3. The van der Waals surface area contributed by atoms with Crippen molar-refractivity contribution in [2.24, 2.45) is 17.6 Å². The Hall–Kier alpha value is -2.34. The van der Waals surface area contributed by atoms with Gasteiger partial charge in [-0.3, -0.25) is 4.90 Å². The van der Waals surface area contributed by atoms with E-state index in [9.17, 15) is 13.2 Å². The van der Waals surface area contributed by atoms with Crippen molar-refractivity contribution in [3.05, 3.63) is 93.5 Å². The molecule has 0 radical (unpaired) electrons. The molecule has 0 bridgehead atoms. The SMILES string of the molecule is NCC1CCC(CN(Cc2ccc3c(c2)Cc2ccccc2-3)Cc2ccc(Cl)c(C(F)(F)F)c2)CC1. The number of halogens is 4. The van der Waals surface area contributed by atoms with E-state index < -0.39 is 11.7 Å². The summed E-state index contributed by atoms with van der Waals surface area (Å²) >= 11 is 5.88. The Kier molecular flexibility index (Phi) is 7.43. The van der Waals surface area contributed by atoms with Crippen molar-refractivity contribution in [1.29, 1.82) is 0 Å². The first kappa shape index (κ1) is 25.3. The number of rotatable bonds is 7. The molecule has 190 valence electrons. The van der Waals surface area contributed by atoms with Gasteiger partial charge in [-0.15, -0.1) is 0 Å². The first-order valence-corrected chi connectivity index (χ1v) is 13.2. The minimum atomic E-state index is -4.46. The summed E-state index contributed by atoms with van der Waals surface area (Å²) in [4.78, 5) is 2.31. The maximum absolute atomic E-state index is 13.5. The highest BCUT2D eigenvalue weighted by atomic mass is 35.5. The van der Waals surface area contributed by atoms with E-state index in [1.807, 2.05) is 0 Å². The Labute approximate surface area is 216 Å². The second kappa shape index (κ2) is 10.6. The molecule has 6 heteroatoms. The third-order valence-electron chi connectivity index (χ3n) is 7.82. The van der Waals surface area contributed by atoms with Crippen LogP contribution in [-0.4, -0.2) is 18.0 Å². The number of nitrogens with zero attached hydrogens (tertiary/aromatic N) is 1. The highest BCUT2D eigenvalue weighted by Gasteiger charge is 2.33. The van der Waals surface area contributed by atoms with Crippen molar-refractivity contribution in [1.82, 2.24) is 4.90 Å². The van der Waals surface area contributed by atoms with Crippen LogP contribution in [0.1, 0.15) is 53.5 Å². The Morgan fingerprint density at radius 3 is 2.17 bits per heavy atom. The van der Waals surface area contributed by atoms with Gasteiger partial charge in [-0.05, 0) is 96.0 Å².